The number of carboxylic acid groups (broad SMARTS) is 1. The number of aromatic carboxylic acids is 1. The molecule has 1 aromatic heterocycles. The average molecular weight is 232 g/mol. The molecule has 2 aromatic rings. The molecule has 0 amide bonds. The molecule has 4 heteroatoms. The van der Waals surface area contributed by atoms with Crippen LogP contribution in [0, 0.1) is 6.92 Å². The third kappa shape index (κ3) is 1.79. The van der Waals surface area contributed by atoms with Crippen molar-refractivity contribution in [1.82, 2.24) is 9.55 Å². The summed E-state index contributed by atoms with van der Waals surface area (Å²) in [7, 11) is 0. The van der Waals surface area contributed by atoms with Crippen LogP contribution in [0.4, 0.5) is 0 Å². The zero-order chi connectivity index (χ0) is 12.6. The third-order valence-corrected chi connectivity index (χ3v) is 3.16. The molecular formula is C13H16N2O2. The van der Waals surface area contributed by atoms with Crippen LogP contribution >= 0.6 is 0 Å². The number of imidazole rings is 1. The normalized spacial score (nSPS) is 12.9. The SMILES string of the molecule is CCC(C)n1c(C)nc2c(C(=O)O)cccc21. The summed E-state index contributed by atoms with van der Waals surface area (Å²) < 4.78 is 2.10. The minimum Gasteiger partial charge on any atom is -0.478 e. The first-order chi connectivity index (χ1) is 8.06. The van der Waals surface area contributed by atoms with Crippen molar-refractivity contribution >= 4 is 17.0 Å². The molecule has 0 bridgehead atoms. The first-order valence-corrected chi connectivity index (χ1v) is 5.77. The summed E-state index contributed by atoms with van der Waals surface area (Å²) in [6, 6.07) is 5.61. The van der Waals surface area contributed by atoms with E-state index >= 15 is 0 Å². The molecule has 0 fully saturated rings. The number of rotatable bonds is 3. The van der Waals surface area contributed by atoms with E-state index in [0.29, 0.717) is 11.6 Å². The first-order valence-electron chi connectivity index (χ1n) is 5.77. The highest BCUT2D eigenvalue weighted by Crippen LogP contribution is 2.24. The van der Waals surface area contributed by atoms with Crippen molar-refractivity contribution in [3.8, 4) is 0 Å². The van der Waals surface area contributed by atoms with Gasteiger partial charge in [-0.1, -0.05) is 13.0 Å². The number of hydrogen-bond donors (Lipinski definition) is 1. The Hall–Kier alpha value is -1.84. The van der Waals surface area contributed by atoms with Crippen LogP contribution in [0.25, 0.3) is 11.0 Å². The lowest BCUT2D eigenvalue weighted by Crippen LogP contribution is -2.05. The molecule has 2 rings (SSSR count). The zero-order valence-electron chi connectivity index (χ0n) is 10.3. The first kappa shape index (κ1) is 11.6. The molecule has 0 aliphatic carbocycles. The summed E-state index contributed by atoms with van der Waals surface area (Å²) in [5.74, 6) is -0.0625. The van der Waals surface area contributed by atoms with Crippen LogP contribution in [0.5, 0.6) is 0 Å². The lowest BCUT2D eigenvalue weighted by atomic mass is 10.1. The zero-order valence-corrected chi connectivity index (χ0v) is 10.3. The summed E-state index contributed by atoms with van der Waals surface area (Å²) in [4.78, 5) is 15.5. The summed E-state index contributed by atoms with van der Waals surface area (Å²) in [6.45, 7) is 6.14. The largest absolute Gasteiger partial charge is 0.478 e. The maximum atomic E-state index is 11.1. The molecule has 1 heterocycles. The molecule has 1 unspecified atom stereocenters. The molecule has 17 heavy (non-hydrogen) atoms. The number of nitrogens with zero attached hydrogens (tertiary/aromatic N) is 2. The van der Waals surface area contributed by atoms with Crippen LogP contribution in [-0.2, 0) is 0 Å². The maximum absolute atomic E-state index is 11.1. The van der Waals surface area contributed by atoms with Gasteiger partial charge in [-0.2, -0.15) is 0 Å². The molecule has 0 saturated heterocycles. The standard InChI is InChI=1S/C13H16N2O2/c1-4-8(2)15-9(3)14-12-10(13(16)17)6-5-7-11(12)15/h5-8H,4H2,1-3H3,(H,16,17). The van der Waals surface area contributed by atoms with Gasteiger partial charge in [0.1, 0.15) is 11.3 Å². The Labute approximate surface area is 99.9 Å². The van der Waals surface area contributed by atoms with Crippen LogP contribution in [0.2, 0.25) is 0 Å². The summed E-state index contributed by atoms with van der Waals surface area (Å²) in [6.07, 6.45) is 0.990. The Morgan fingerprint density at radius 3 is 2.82 bits per heavy atom. The Bertz CT molecular complexity index is 572. The number of hydrogen-bond acceptors (Lipinski definition) is 2. The van der Waals surface area contributed by atoms with E-state index < -0.39 is 5.97 Å². The maximum Gasteiger partial charge on any atom is 0.337 e. The van der Waals surface area contributed by atoms with E-state index in [0.717, 1.165) is 17.8 Å². The number of carboxylic acids is 1. The van der Waals surface area contributed by atoms with E-state index in [1.54, 1.807) is 12.1 Å². The van der Waals surface area contributed by atoms with Gasteiger partial charge in [-0.25, -0.2) is 9.78 Å². The number of fused-ring (bicyclic) bond motifs is 1. The number of carbonyl (C=O) groups is 1. The third-order valence-electron chi connectivity index (χ3n) is 3.16. The second-order valence-corrected chi connectivity index (χ2v) is 4.26. The van der Waals surface area contributed by atoms with Gasteiger partial charge in [0.2, 0.25) is 0 Å². The molecule has 0 aliphatic heterocycles. The lowest BCUT2D eigenvalue weighted by molar-refractivity contribution is 0.0699. The highest BCUT2D eigenvalue weighted by Gasteiger charge is 2.16. The van der Waals surface area contributed by atoms with Crippen molar-refractivity contribution in [2.24, 2.45) is 0 Å². The van der Waals surface area contributed by atoms with Crippen LogP contribution < -0.4 is 0 Å². The molecule has 0 spiro atoms. The van der Waals surface area contributed by atoms with Gasteiger partial charge in [-0.3, -0.25) is 0 Å². The number of aryl methyl sites for hydroxylation is 1. The Kier molecular flexibility index (Phi) is 2.88. The van der Waals surface area contributed by atoms with E-state index in [9.17, 15) is 4.79 Å². The fourth-order valence-corrected chi connectivity index (χ4v) is 2.14. The van der Waals surface area contributed by atoms with Crippen LogP contribution in [0.3, 0.4) is 0 Å². The van der Waals surface area contributed by atoms with E-state index in [4.69, 9.17) is 5.11 Å². The van der Waals surface area contributed by atoms with Gasteiger partial charge in [-0.15, -0.1) is 0 Å². The molecule has 1 aromatic carbocycles. The molecule has 0 radical (unpaired) electrons. The van der Waals surface area contributed by atoms with Gasteiger partial charge >= 0.3 is 5.97 Å². The number of para-hydroxylation sites is 1. The van der Waals surface area contributed by atoms with Gasteiger partial charge in [0.15, 0.2) is 0 Å². The number of aromatic nitrogens is 2. The predicted octanol–water partition coefficient (Wildman–Crippen LogP) is 3.01. The van der Waals surface area contributed by atoms with Gasteiger partial charge in [0.05, 0.1) is 11.1 Å². The molecule has 1 atom stereocenters. The Morgan fingerprint density at radius 1 is 1.53 bits per heavy atom. The summed E-state index contributed by atoms with van der Waals surface area (Å²) in [5.41, 5.74) is 1.75. The highest BCUT2D eigenvalue weighted by atomic mass is 16.4. The summed E-state index contributed by atoms with van der Waals surface area (Å²) in [5, 5.41) is 9.13. The topological polar surface area (TPSA) is 55.1 Å². The second-order valence-electron chi connectivity index (χ2n) is 4.26. The lowest BCUT2D eigenvalue weighted by Gasteiger charge is -2.13. The Balaban J connectivity index is 2.76. The molecule has 0 saturated carbocycles. The van der Waals surface area contributed by atoms with E-state index in [1.807, 2.05) is 13.0 Å². The van der Waals surface area contributed by atoms with E-state index in [2.05, 4.69) is 23.4 Å². The monoisotopic (exact) mass is 232 g/mol. The van der Waals surface area contributed by atoms with Crippen molar-refractivity contribution < 1.29 is 9.90 Å². The van der Waals surface area contributed by atoms with Gasteiger partial charge in [-0.05, 0) is 32.4 Å². The summed E-state index contributed by atoms with van der Waals surface area (Å²) >= 11 is 0. The van der Waals surface area contributed by atoms with Gasteiger partial charge in [0, 0.05) is 6.04 Å². The van der Waals surface area contributed by atoms with E-state index in [-0.39, 0.29) is 5.56 Å². The molecule has 4 nitrogen and oxygen atoms in total. The number of benzene rings is 1. The van der Waals surface area contributed by atoms with E-state index in [1.165, 1.54) is 0 Å². The van der Waals surface area contributed by atoms with Crippen molar-refractivity contribution in [2.45, 2.75) is 33.2 Å². The van der Waals surface area contributed by atoms with Crippen LogP contribution in [0.15, 0.2) is 18.2 Å². The molecular weight excluding hydrogens is 216 g/mol. The second kappa shape index (κ2) is 4.20. The molecule has 1 N–H and O–H groups in total. The fourth-order valence-electron chi connectivity index (χ4n) is 2.14. The predicted molar refractivity (Wildman–Crippen MR) is 66.4 cm³/mol. The quantitative estimate of drug-likeness (QED) is 0.885. The van der Waals surface area contributed by atoms with Crippen molar-refractivity contribution in [3.05, 3.63) is 29.6 Å². The van der Waals surface area contributed by atoms with Crippen LogP contribution in [-0.4, -0.2) is 20.6 Å². The van der Waals surface area contributed by atoms with Crippen LogP contribution in [0.1, 0.15) is 42.5 Å². The van der Waals surface area contributed by atoms with Crippen molar-refractivity contribution in [3.63, 3.8) is 0 Å². The van der Waals surface area contributed by atoms with Gasteiger partial charge < -0.3 is 9.67 Å². The smallest absolute Gasteiger partial charge is 0.337 e. The molecule has 90 valence electrons. The van der Waals surface area contributed by atoms with Crippen molar-refractivity contribution in [2.75, 3.05) is 0 Å². The minimum atomic E-state index is -0.926. The minimum absolute atomic E-state index is 0.271. The molecule has 0 aliphatic rings. The Morgan fingerprint density at radius 2 is 2.24 bits per heavy atom. The van der Waals surface area contributed by atoms with Gasteiger partial charge in [0.25, 0.3) is 0 Å². The van der Waals surface area contributed by atoms with Crippen molar-refractivity contribution in [1.29, 1.82) is 0 Å². The highest BCUT2D eigenvalue weighted by molar-refractivity contribution is 6.01. The fraction of sp³-hybridized carbons (Fsp3) is 0.385. The average Bonchev–Trinajstić information content (AvgIpc) is 2.63.